The third kappa shape index (κ3) is 2.36. The lowest BCUT2D eigenvalue weighted by molar-refractivity contribution is -0.612. The van der Waals surface area contributed by atoms with Gasteiger partial charge in [0.25, 0.3) is 5.15 Å². The first-order valence-electron chi connectivity index (χ1n) is 5.78. The molecular weight excluding hydrogens is 242 g/mol. The number of rotatable bonds is 1. The van der Waals surface area contributed by atoms with E-state index in [1.54, 1.807) is 0 Å². The minimum Gasteiger partial charge on any atom is -0.617 e. The molecule has 17 heavy (non-hydrogen) atoms. The average molecular weight is 256 g/mol. The summed E-state index contributed by atoms with van der Waals surface area (Å²) in [6.07, 6.45) is 5.26. The summed E-state index contributed by atoms with van der Waals surface area (Å²) < 4.78 is 0.675. The van der Waals surface area contributed by atoms with Crippen molar-refractivity contribution in [1.29, 1.82) is 0 Å². The summed E-state index contributed by atoms with van der Waals surface area (Å²) in [7, 11) is 0. The number of hydrogen-bond acceptors (Lipinski definition) is 2. The van der Waals surface area contributed by atoms with Crippen molar-refractivity contribution in [3.05, 3.63) is 33.2 Å². The summed E-state index contributed by atoms with van der Waals surface area (Å²) in [6.45, 7) is 0. The lowest BCUT2D eigenvalue weighted by Gasteiger charge is -2.16. The SMILES string of the molecule is O=C(O)c1cc(Cl)[n+]([O-])c2c1CCCCCC2. The summed E-state index contributed by atoms with van der Waals surface area (Å²) in [4.78, 5) is 11.2. The number of carboxylic acid groups (broad SMARTS) is 1. The molecule has 1 N–H and O–H groups in total. The van der Waals surface area contributed by atoms with Crippen molar-refractivity contribution in [1.82, 2.24) is 0 Å². The van der Waals surface area contributed by atoms with Crippen LogP contribution in [0, 0.1) is 5.21 Å². The van der Waals surface area contributed by atoms with Crippen LogP contribution in [0.4, 0.5) is 0 Å². The quantitative estimate of drug-likeness (QED) is 0.476. The molecule has 0 atom stereocenters. The van der Waals surface area contributed by atoms with Gasteiger partial charge in [-0.2, -0.15) is 4.73 Å². The van der Waals surface area contributed by atoms with E-state index in [0.717, 1.165) is 25.7 Å². The Kier molecular flexibility index (Phi) is 3.52. The molecule has 0 saturated carbocycles. The molecule has 1 aromatic heterocycles. The monoisotopic (exact) mass is 255 g/mol. The van der Waals surface area contributed by atoms with Crippen molar-refractivity contribution in [2.45, 2.75) is 38.5 Å². The number of aromatic carboxylic acids is 1. The zero-order valence-corrected chi connectivity index (χ0v) is 10.2. The van der Waals surface area contributed by atoms with Gasteiger partial charge < -0.3 is 10.3 Å². The average Bonchev–Trinajstić information content (AvgIpc) is 2.24. The van der Waals surface area contributed by atoms with Crippen LogP contribution in [0.1, 0.15) is 47.3 Å². The molecule has 0 spiro atoms. The second kappa shape index (κ2) is 4.92. The molecule has 0 unspecified atom stereocenters. The molecule has 0 amide bonds. The van der Waals surface area contributed by atoms with Crippen molar-refractivity contribution >= 4 is 17.6 Å². The van der Waals surface area contributed by atoms with Gasteiger partial charge in [-0.05, 0) is 30.9 Å². The lowest BCUT2D eigenvalue weighted by Crippen LogP contribution is -2.36. The van der Waals surface area contributed by atoms with Gasteiger partial charge in [0.05, 0.1) is 5.56 Å². The first kappa shape index (κ1) is 12.2. The van der Waals surface area contributed by atoms with Crippen LogP contribution < -0.4 is 4.73 Å². The Morgan fingerprint density at radius 3 is 2.59 bits per heavy atom. The highest BCUT2D eigenvalue weighted by molar-refractivity contribution is 6.28. The zero-order chi connectivity index (χ0) is 12.4. The Bertz CT molecular complexity index is 460. The van der Waals surface area contributed by atoms with Crippen molar-refractivity contribution in [3.8, 4) is 0 Å². The van der Waals surface area contributed by atoms with Crippen LogP contribution in [0.3, 0.4) is 0 Å². The zero-order valence-electron chi connectivity index (χ0n) is 9.41. The topological polar surface area (TPSA) is 64.2 Å². The van der Waals surface area contributed by atoms with Crippen molar-refractivity contribution in [2.24, 2.45) is 0 Å². The summed E-state index contributed by atoms with van der Waals surface area (Å²) in [5, 5.41) is 20.9. The van der Waals surface area contributed by atoms with E-state index in [0.29, 0.717) is 28.8 Å². The van der Waals surface area contributed by atoms with Gasteiger partial charge in [0, 0.05) is 18.1 Å². The Hall–Kier alpha value is -1.29. The van der Waals surface area contributed by atoms with E-state index in [1.165, 1.54) is 6.07 Å². The molecule has 1 aromatic rings. The smallest absolute Gasteiger partial charge is 0.336 e. The van der Waals surface area contributed by atoms with Gasteiger partial charge in [0.15, 0.2) is 5.69 Å². The van der Waals surface area contributed by atoms with Crippen LogP contribution in [0.15, 0.2) is 6.07 Å². The number of aromatic nitrogens is 1. The van der Waals surface area contributed by atoms with E-state index in [4.69, 9.17) is 16.7 Å². The van der Waals surface area contributed by atoms with Gasteiger partial charge in [-0.1, -0.05) is 12.8 Å². The molecule has 1 heterocycles. The molecule has 1 aliphatic rings. The molecular formula is C12H14ClNO3. The number of fused-ring (bicyclic) bond motifs is 1. The third-order valence-electron chi connectivity index (χ3n) is 3.20. The minimum absolute atomic E-state index is 0.0540. The van der Waals surface area contributed by atoms with E-state index in [-0.39, 0.29) is 10.7 Å². The standard InChI is InChI=1S/C12H14ClNO3/c13-11-7-9(12(15)16)8-5-3-1-2-4-6-10(8)14(11)17/h7H,1-6H2,(H,15,16). The second-order valence-electron chi connectivity index (χ2n) is 4.32. The first-order valence-corrected chi connectivity index (χ1v) is 6.16. The van der Waals surface area contributed by atoms with Crippen LogP contribution in [0.25, 0.3) is 0 Å². The summed E-state index contributed by atoms with van der Waals surface area (Å²) in [5.41, 5.74) is 1.38. The normalized spacial score (nSPS) is 15.8. The van der Waals surface area contributed by atoms with E-state index >= 15 is 0 Å². The number of pyridine rings is 1. The highest BCUT2D eigenvalue weighted by Gasteiger charge is 2.24. The van der Waals surface area contributed by atoms with Crippen LogP contribution in [0.5, 0.6) is 0 Å². The molecule has 0 radical (unpaired) electrons. The van der Waals surface area contributed by atoms with Gasteiger partial charge in [0.2, 0.25) is 0 Å². The number of hydrogen-bond donors (Lipinski definition) is 1. The molecule has 0 aliphatic heterocycles. The molecule has 0 saturated heterocycles. The van der Waals surface area contributed by atoms with Crippen LogP contribution in [-0.2, 0) is 12.8 Å². The van der Waals surface area contributed by atoms with Crippen molar-refractivity contribution in [3.63, 3.8) is 0 Å². The number of carbonyl (C=O) groups is 1. The van der Waals surface area contributed by atoms with E-state index in [9.17, 15) is 10.0 Å². The highest BCUT2D eigenvalue weighted by Crippen LogP contribution is 2.23. The summed E-state index contributed by atoms with van der Waals surface area (Å²) >= 11 is 5.78. The summed E-state index contributed by atoms with van der Waals surface area (Å²) in [5.74, 6) is -1.01. The fraction of sp³-hybridized carbons (Fsp3) is 0.500. The number of halogens is 1. The fourth-order valence-corrected chi connectivity index (χ4v) is 2.55. The predicted octanol–water partition coefficient (Wildman–Crippen LogP) is 2.33. The highest BCUT2D eigenvalue weighted by atomic mass is 35.5. The molecule has 4 nitrogen and oxygen atoms in total. The maximum atomic E-state index is 11.8. The number of nitrogens with zero attached hydrogens (tertiary/aromatic N) is 1. The minimum atomic E-state index is -1.01. The fourth-order valence-electron chi connectivity index (χ4n) is 2.34. The van der Waals surface area contributed by atoms with E-state index < -0.39 is 5.97 Å². The summed E-state index contributed by atoms with van der Waals surface area (Å²) in [6, 6.07) is 1.26. The third-order valence-corrected chi connectivity index (χ3v) is 3.46. The molecule has 1 aliphatic carbocycles. The van der Waals surface area contributed by atoms with Crippen LogP contribution in [0.2, 0.25) is 5.15 Å². The maximum absolute atomic E-state index is 11.8. The van der Waals surface area contributed by atoms with Gasteiger partial charge in [0.1, 0.15) is 0 Å². The lowest BCUT2D eigenvalue weighted by atomic mass is 9.93. The molecule has 0 bridgehead atoms. The molecule has 2 rings (SSSR count). The predicted molar refractivity (Wildman–Crippen MR) is 63.2 cm³/mol. The van der Waals surface area contributed by atoms with Crippen molar-refractivity contribution < 1.29 is 14.6 Å². The molecule has 5 heteroatoms. The largest absolute Gasteiger partial charge is 0.617 e. The molecule has 92 valence electrons. The number of carboxylic acids is 1. The van der Waals surface area contributed by atoms with Crippen molar-refractivity contribution in [2.75, 3.05) is 0 Å². The maximum Gasteiger partial charge on any atom is 0.336 e. The Morgan fingerprint density at radius 2 is 1.94 bits per heavy atom. The Balaban J connectivity index is 2.59. The van der Waals surface area contributed by atoms with Gasteiger partial charge >= 0.3 is 5.97 Å². The second-order valence-corrected chi connectivity index (χ2v) is 4.71. The Morgan fingerprint density at radius 1 is 1.29 bits per heavy atom. The van der Waals surface area contributed by atoms with Gasteiger partial charge in [-0.25, -0.2) is 4.79 Å². The molecule has 0 aromatic carbocycles. The molecule has 0 fully saturated rings. The van der Waals surface area contributed by atoms with Gasteiger partial charge in [-0.3, -0.25) is 0 Å². The van der Waals surface area contributed by atoms with Gasteiger partial charge in [-0.15, -0.1) is 0 Å². The first-order chi connectivity index (χ1) is 8.11. The van der Waals surface area contributed by atoms with Crippen LogP contribution >= 0.6 is 11.6 Å². The van der Waals surface area contributed by atoms with E-state index in [1.807, 2.05) is 0 Å². The van der Waals surface area contributed by atoms with Crippen LogP contribution in [-0.4, -0.2) is 11.1 Å². The van der Waals surface area contributed by atoms with E-state index in [2.05, 4.69) is 0 Å². The Labute approximate surface area is 104 Å².